The largest absolute Gasteiger partial charge is 0.493 e. The monoisotopic (exact) mass is 528 g/mol. The molecule has 2 atom stereocenters. The normalized spacial score (nSPS) is 19.6. The highest BCUT2D eigenvalue weighted by Gasteiger charge is 2.41. The standard InChI is InChI=1S/C25H33ClN2O4S.ClH/c1-16-11-24(17(2)10-21(16)26)33(29,30)25(19-6-5-8-27-14-19)28-9-7-18-12-22(31-3)23(32-4)13-20(18)15-28;/h10-13,19,25,27H,5-9,14-15H2,1-4H3;1H. The van der Waals surface area contributed by atoms with Crippen LogP contribution in [0.5, 0.6) is 11.5 Å². The van der Waals surface area contributed by atoms with Crippen LogP contribution in [0.3, 0.4) is 0 Å². The molecule has 2 unspecified atom stereocenters. The lowest BCUT2D eigenvalue weighted by molar-refractivity contribution is 0.161. The van der Waals surface area contributed by atoms with Gasteiger partial charge in [-0.1, -0.05) is 11.6 Å². The summed E-state index contributed by atoms with van der Waals surface area (Å²) in [6.45, 7) is 6.55. The lowest BCUT2D eigenvalue weighted by atomic mass is 9.95. The molecule has 0 aromatic heterocycles. The van der Waals surface area contributed by atoms with Crippen molar-refractivity contribution < 1.29 is 17.9 Å². The predicted molar refractivity (Wildman–Crippen MR) is 138 cm³/mol. The summed E-state index contributed by atoms with van der Waals surface area (Å²) in [6, 6.07) is 7.51. The number of benzene rings is 2. The molecule has 2 aromatic rings. The minimum atomic E-state index is -3.63. The van der Waals surface area contributed by atoms with E-state index in [2.05, 4.69) is 10.2 Å². The van der Waals surface area contributed by atoms with Crippen LogP contribution in [0, 0.1) is 19.8 Å². The Labute approximate surface area is 214 Å². The molecule has 1 fully saturated rings. The first-order valence-electron chi connectivity index (χ1n) is 11.5. The summed E-state index contributed by atoms with van der Waals surface area (Å²) in [4.78, 5) is 2.53. The number of piperidine rings is 1. The quantitative estimate of drug-likeness (QED) is 0.592. The molecule has 2 aromatic carbocycles. The van der Waals surface area contributed by atoms with Gasteiger partial charge in [-0.3, -0.25) is 4.90 Å². The highest BCUT2D eigenvalue weighted by molar-refractivity contribution is 7.92. The maximum Gasteiger partial charge on any atom is 0.195 e. The van der Waals surface area contributed by atoms with Gasteiger partial charge in [0.1, 0.15) is 5.37 Å². The minimum absolute atomic E-state index is 0. The fraction of sp³-hybridized carbons (Fsp3) is 0.520. The third-order valence-electron chi connectivity index (χ3n) is 6.93. The number of nitrogens with zero attached hydrogens (tertiary/aromatic N) is 1. The second kappa shape index (κ2) is 11.0. The molecule has 188 valence electrons. The predicted octanol–water partition coefficient (Wildman–Crippen LogP) is 4.55. The van der Waals surface area contributed by atoms with Crippen LogP contribution in [-0.2, 0) is 22.8 Å². The van der Waals surface area contributed by atoms with Crippen molar-refractivity contribution in [1.82, 2.24) is 10.2 Å². The lowest BCUT2D eigenvalue weighted by Crippen LogP contribution is -2.52. The van der Waals surface area contributed by atoms with E-state index in [1.807, 2.05) is 26.0 Å². The topological polar surface area (TPSA) is 67.9 Å². The number of hydrogen-bond donors (Lipinski definition) is 1. The van der Waals surface area contributed by atoms with Gasteiger partial charge in [0.2, 0.25) is 0 Å². The molecule has 0 saturated carbocycles. The number of hydrogen-bond acceptors (Lipinski definition) is 6. The Bertz CT molecular complexity index is 1130. The van der Waals surface area contributed by atoms with Crippen LogP contribution in [0.4, 0.5) is 0 Å². The van der Waals surface area contributed by atoms with E-state index < -0.39 is 15.2 Å². The first-order chi connectivity index (χ1) is 15.8. The number of rotatable bonds is 6. The van der Waals surface area contributed by atoms with E-state index in [0.717, 1.165) is 36.9 Å². The van der Waals surface area contributed by atoms with Crippen molar-refractivity contribution in [1.29, 1.82) is 0 Å². The van der Waals surface area contributed by atoms with Crippen LogP contribution < -0.4 is 14.8 Å². The fourth-order valence-electron chi connectivity index (χ4n) is 5.18. The van der Waals surface area contributed by atoms with Gasteiger partial charge in [0.25, 0.3) is 0 Å². The van der Waals surface area contributed by atoms with Crippen molar-refractivity contribution in [2.45, 2.75) is 49.9 Å². The Morgan fingerprint density at radius 1 is 1.06 bits per heavy atom. The number of fused-ring (bicyclic) bond motifs is 1. The number of aryl methyl sites for hydroxylation is 2. The maximum atomic E-state index is 14.2. The summed E-state index contributed by atoms with van der Waals surface area (Å²) in [5.74, 6) is 1.39. The third kappa shape index (κ3) is 5.19. The van der Waals surface area contributed by atoms with Gasteiger partial charge in [0.15, 0.2) is 21.3 Å². The highest BCUT2D eigenvalue weighted by Crippen LogP contribution is 2.38. The van der Waals surface area contributed by atoms with E-state index in [1.165, 1.54) is 5.56 Å². The van der Waals surface area contributed by atoms with Crippen LogP contribution in [0.25, 0.3) is 0 Å². The van der Waals surface area contributed by atoms with E-state index >= 15 is 0 Å². The summed E-state index contributed by atoms with van der Waals surface area (Å²) in [7, 11) is -0.374. The molecular weight excluding hydrogens is 495 g/mol. The smallest absolute Gasteiger partial charge is 0.195 e. The van der Waals surface area contributed by atoms with Crippen LogP contribution in [0.1, 0.15) is 35.1 Å². The Kier molecular flexibility index (Phi) is 8.80. The highest BCUT2D eigenvalue weighted by atomic mass is 35.5. The zero-order valence-corrected chi connectivity index (χ0v) is 22.6. The average molecular weight is 530 g/mol. The number of nitrogens with one attached hydrogen (secondary N) is 1. The second-order valence-electron chi connectivity index (χ2n) is 9.11. The van der Waals surface area contributed by atoms with Gasteiger partial charge in [-0.15, -0.1) is 12.4 Å². The Balaban J connectivity index is 0.00000324. The van der Waals surface area contributed by atoms with Gasteiger partial charge in [-0.05, 0) is 86.2 Å². The second-order valence-corrected chi connectivity index (χ2v) is 11.5. The molecule has 0 radical (unpaired) electrons. The van der Waals surface area contributed by atoms with E-state index in [9.17, 15) is 8.42 Å². The summed E-state index contributed by atoms with van der Waals surface area (Å²) >= 11 is 6.29. The van der Waals surface area contributed by atoms with Crippen LogP contribution in [0.2, 0.25) is 5.02 Å². The molecule has 0 bridgehead atoms. The molecule has 0 spiro atoms. The van der Waals surface area contributed by atoms with Crippen molar-refractivity contribution in [2.24, 2.45) is 5.92 Å². The summed E-state index contributed by atoms with van der Waals surface area (Å²) in [6.07, 6.45) is 2.63. The zero-order chi connectivity index (χ0) is 23.8. The van der Waals surface area contributed by atoms with Gasteiger partial charge < -0.3 is 14.8 Å². The van der Waals surface area contributed by atoms with Crippen molar-refractivity contribution in [3.8, 4) is 11.5 Å². The molecule has 1 saturated heterocycles. The molecule has 9 heteroatoms. The summed E-state index contributed by atoms with van der Waals surface area (Å²) < 4.78 is 39.4. The van der Waals surface area contributed by atoms with E-state index in [-0.39, 0.29) is 18.3 Å². The van der Waals surface area contributed by atoms with E-state index in [0.29, 0.717) is 46.6 Å². The Morgan fingerprint density at radius 3 is 2.35 bits per heavy atom. The van der Waals surface area contributed by atoms with Gasteiger partial charge in [-0.2, -0.15) is 0 Å². The van der Waals surface area contributed by atoms with Crippen LogP contribution in [-0.4, -0.2) is 52.5 Å². The minimum Gasteiger partial charge on any atom is -0.493 e. The number of halogens is 2. The molecule has 6 nitrogen and oxygen atoms in total. The van der Waals surface area contributed by atoms with Crippen LogP contribution >= 0.6 is 24.0 Å². The molecule has 1 N–H and O–H groups in total. The van der Waals surface area contributed by atoms with E-state index in [4.69, 9.17) is 21.1 Å². The first-order valence-corrected chi connectivity index (χ1v) is 13.4. The van der Waals surface area contributed by atoms with Gasteiger partial charge in [0.05, 0.1) is 19.1 Å². The summed E-state index contributed by atoms with van der Waals surface area (Å²) in [5, 5.41) is 3.40. The van der Waals surface area contributed by atoms with Crippen molar-refractivity contribution in [3.63, 3.8) is 0 Å². The molecule has 4 rings (SSSR count). The number of ether oxygens (including phenoxy) is 2. The molecule has 0 aliphatic carbocycles. The molecule has 2 aliphatic heterocycles. The summed E-state index contributed by atoms with van der Waals surface area (Å²) in [5.41, 5.74) is 3.75. The first kappa shape index (κ1) is 27.1. The van der Waals surface area contributed by atoms with E-state index in [1.54, 1.807) is 26.4 Å². The lowest BCUT2D eigenvalue weighted by Gasteiger charge is -2.41. The number of methoxy groups -OCH3 is 2. The van der Waals surface area contributed by atoms with Crippen molar-refractivity contribution in [2.75, 3.05) is 33.9 Å². The SMILES string of the molecule is COc1cc2c(cc1OC)CN(C(C1CCCNC1)S(=O)(=O)c1cc(C)c(Cl)cc1C)CC2.Cl. The Morgan fingerprint density at radius 2 is 1.74 bits per heavy atom. The average Bonchev–Trinajstić information content (AvgIpc) is 2.81. The molecular formula is C25H34Cl2N2O4S. The maximum absolute atomic E-state index is 14.2. The molecule has 2 heterocycles. The number of sulfone groups is 1. The van der Waals surface area contributed by atoms with Gasteiger partial charge >= 0.3 is 0 Å². The fourth-order valence-corrected chi connectivity index (χ4v) is 7.82. The zero-order valence-electron chi connectivity index (χ0n) is 20.2. The van der Waals surface area contributed by atoms with Gasteiger partial charge in [-0.25, -0.2) is 8.42 Å². The van der Waals surface area contributed by atoms with Crippen molar-refractivity contribution >= 4 is 33.8 Å². The van der Waals surface area contributed by atoms with Crippen molar-refractivity contribution in [3.05, 3.63) is 51.5 Å². The molecule has 0 amide bonds. The molecule has 34 heavy (non-hydrogen) atoms. The third-order valence-corrected chi connectivity index (χ3v) is 9.71. The van der Waals surface area contributed by atoms with Crippen LogP contribution in [0.15, 0.2) is 29.2 Å². The molecule has 2 aliphatic rings. The Hall–Kier alpha value is -1.51. The van der Waals surface area contributed by atoms with Gasteiger partial charge in [0, 0.05) is 30.6 Å².